The predicted octanol–water partition coefficient (Wildman–Crippen LogP) is 5.97. The number of hydrogen-bond acceptors (Lipinski definition) is 4. The fraction of sp³-hybridized carbons (Fsp3) is 0.300. The number of nitrogens with zero attached hydrogens (tertiary/aromatic N) is 1. The van der Waals surface area contributed by atoms with Gasteiger partial charge in [-0.25, -0.2) is 0 Å². The number of ether oxygens (including phenoxy) is 2. The van der Waals surface area contributed by atoms with Gasteiger partial charge in [0.15, 0.2) is 0 Å². The summed E-state index contributed by atoms with van der Waals surface area (Å²) in [7, 11) is 1.71. The van der Waals surface area contributed by atoms with Crippen LogP contribution in [0.1, 0.15) is 47.1 Å². The Morgan fingerprint density at radius 2 is 1.71 bits per heavy atom. The molecule has 3 aromatic rings. The molecule has 0 radical (unpaired) electrons. The van der Waals surface area contributed by atoms with Gasteiger partial charge in [0, 0.05) is 25.6 Å². The van der Waals surface area contributed by atoms with Crippen molar-refractivity contribution >= 4 is 5.97 Å². The second-order valence-corrected chi connectivity index (χ2v) is 9.00. The quantitative estimate of drug-likeness (QED) is 0.369. The average molecular weight is 472 g/mol. The van der Waals surface area contributed by atoms with Gasteiger partial charge in [-0.1, -0.05) is 54.6 Å². The third-order valence-corrected chi connectivity index (χ3v) is 6.47. The molecule has 35 heavy (non-hydrogen) atoms. The minimum atomic E-state index is -0.803. The van der Waals surface area contributed by atoms with Crippen LogP contribution < -0.4 is 9.47 Å². The van der Waals surface area contributed by atoms with Crippen molar-refractivity contribution in [1.82, 2.24) is 4.90 Å². The highest BCUT2D eigenvalue weighted by Crippen LogP contribution is 2.26. The SMILES string of the molecule is CC=CC(CC(=O)O)c1ccc(OCc2ccc(CN3CCc4cc(OC)ccc4C3)cc2)cc1. The molecule has 3 aromatic carbocycles. The van der Waals surface area contributed by atoms with E-state index in [1.165, 1.54) is 16.7 Å². The van der Waals surface area contributed by atoms with Crippen LogP contribution in [0.15, 0.2) is 78.9 Å². The summed E-state index contributed by atoms with van der Waals surface area (Å²) in [5, 5.41) is 9.14. The number of aliphatic carboxylic acids is 1. The Balaban J connectivity index is 1.29. The molecule has 5 heteroatoms. The molecule has 0 spiro atoms. The van der Waals surface area contributed by atoms with Crippen molar-refractivity contribution in [1.29, 1.82) is 0 Å². The highest BCUT2D eigenvalue weighted by molar-refractivity contribution is 5.68. The molecular weight excluding hydrogens is 438 g/mol. The Kier molecular flexibility index (Phi) is 8.22. The van der Waals surface area contributed by atoms with Crippen molar-refractivity contribution in [2.75, 3.05) is 13.7 Å². The highest BCUT2D eigenvalue weighted by Gasteiger charge is 2.17. The van der Waals surface area contributed by atoms with E-state index in [1.807, 2.05) is 49.4 Å². The van der Waals surface area contributed by atoms with Gasteiger partial charge in [0.25, 0.3) is 0 Å². The van der Waals surface area contributed by atoms with E-state index in [4.69, 9.17) is 14.6 Å². The summed E-state index contributed by atoms with van der Waals surface area (Å²) in [6, 6.07) is 22.7. The fourth-order valence-electron chi connectivity index (χ4n) is 4.54. The molecule has 4 rings (SSSR count). The molecule has 1 aliphatic heterocycles. The van der Waals surface area contributed by atoms with Crippen LogP contribution in [-0.2, 0) is 30.9 Å². The molecule has 5 nitrogen and oxygen atoms in total. The molecule has 182 valence electrons. The lowest BCUT2D eigenvalue weighted by molar-refractivity contribution is -0.137. The van der Waals surface area contributed by atoms with E-state index in [2.05, 4.69) is 41.3 Å². The molecule has 0 bridgehead atoms. The van der Waals surface area contributed by atoms with Gasteiger partial charge in [0.1, 0.15) is 18.1 Å². The van der Waals surface area contributed by atoms with Crippen molar-refractivity contribution < 1.29 is 19.4 Å². The molecule has 1 unspecified atom stereocenters. The number of carbonyl (C=O) groups is 1. The predicted molar refractivity (Wildman–Crippen MR) is 138 cm³/mol. The van der Waals surface area contributed by atoms with Crippen LogP contribution in [0.2, 0.25) is 0 Å². The third kappa shape index (κ3) is 6.74. The summed E-state index contributed by atoms with van der Waals surface area (Å²) in [4.78, 5) is 13.6. The van der Waals surface area contributed by atoms with Gasteiger partial charge in [-0.3, -0.25) is 9.69 Å². The summed E-state index contributed by atoms with van der Waals surface area (Å²) in [5.41, 5.74) is 6.16. The van der Waals surface area contributed by atoms with Crippen molar-refractivity contribution in [3.05, 3.63) is 107 Å². The summed E-state index contributed by atoms with van der Waals surface area (Å²) < 4.78 is 11.3. The summed E-state index contributed by atoms with van der Waals surface area (Å²) in [6.07, 6.45) is 4.94. The molecule has 0 fully saturated rings. The molecule has 1 atom stereocenters. The van der Waals surface area contributed by atoms with E-state index in [0.29, 0.717) is 6.61 Å². The van der Waals surface area contributed by atoms with E-state index in [0.717, 1.165) is 48.7 Å². The van der Waals surface area contributed by atoms with Gasteiger partial charge in [-0.05, 0) is 65.4 Å². The average Bonchev–Trinajstić information content (AvgIpc) is 2.88. The van der Waals surface area contributed by atoms with E-state index < -0.39 is 5.97 Å². The van der Waals surface area contributed by atoms with Crippen LogP contribution >= 0.6 is 0 Å². The van der Waals surface area contributed by atoms with Gasteiger partial charge >= 0.3 is 5.97 Å². The number of allylic oxidation sites excluding steroid dienone is 2. The summed E-state index contributed by atoms with van der Waals surface area (Å²) in [6.45, 7) is 5.33. The van der Waals surface area contributed by atoms with Crippen LogP contribution in [-0.4, -0.2) is 29.6 Å². The fourth-order valence-corrected chi connectivity index (χ4v) is 4.54. The number of methoxy groups -OCH3 is 1. The van der Waals surface area contributed by atoms with Crippen molar-refractivity contribution in [3.63, 3.8) is 0 Å². The first-order valence-electron chi connectivity index (χ1n) is 12.1. The molecule has 0 aromatic heterocycles. The lowest BCUT2D eigenvalue weighted by Gasteiger charge is -2.29. The van der Waals surface area contributed by atoms with Crippen LogP contribution in [0, 0.1) is 0 Å². The van der Waals surface area contributed by atoms with Gasteiger partial charge in [-0.15, -0.1) is 0 Å². The highest BCUT2D eigenvalue weighted by atomic mass is 16.5. The minimum absolute atomic E-state index is 0.0789. The van der Waals surface area contributed by atoms with Crippen molar-refractivity contribution in [2.24, 2.45) is 0 Å². The van der Waals surface area contributed by atoms with Gasteiger partial charge < -0.3 is 14.6 Å². The Bertz CT molecular complexity index is 1150. The smallest absolute Gasteiger partial charge is 0.304 e. The largest absolute Gasteiger partial charge is 0.497 e. The number of rotatable bonds is 10. The zero-order valence-electron chi connectivity index (χ0n) is 20.4. The van der Waals surface area contributed by atoms with E-state index >= 15 is 0 Å². The molecule has 1 N–H and O–H groups in total. The molecule has 0 saturated heterocycles. The molecule has 0 aliphatic carbocycles. The Morgan fingerprint density at radius 3 is 2.40 bits per heavy atom. The normalized spacial score (nSPS) is 14.5. The lowest BCUT2D eigenvalue weighted by atomic mass is 9.95. The van der Waals surface area contributed by atoms with Crippen LogP contribution in [0.5, 0.6) is 11.5 Å². The minimum Gasteiger partial charge on any atom is -0.497 e. The number of benzene rings is 3. The second kappa shape index (κ2) is 11.7. The third-order valence-electron chi connectivity index (χ3n) is 6.47. The number of carboxylic acids is 1. The molecule has 0 amide bonds. The first-order chi connectivity index (χ1) is 17.0. The summed E-state index contributed by atoms with van der Waals surface area (Å²) in [5.74, 6) is 0.774. The standard InChI is InChI=1S/C30H33NO4/c1-3-4-25(18-30(32)33)24-9-12-28(13-10-24)35-21-23-7-5-22(6-8-23)19-31-16-15-26-17-29(34-2)14-11-27(26)20-31/h3-14,17,25H,15-16,18-21H2,1-2H3,(H,32,33). The maximum atomic E-state index is 11.1. The Hall–Kier alpha value is -3.57. The van der Waals surface area contributed by atoms with Gasteiger partial charge in [-0.2, -0.15) is 0 Å². The molecule has 1 aliphatic rings. The maximum absolute atomic E-state index is 11.1. The Labute approximate surface area is 207 Å². The molecule has 1 heterocycles. The van der Waals surface area contributed by atoms with Gasteiger partial charge in [0.05, 0.1) is 13.5 Å². The number of hydrogen-bond donors (Lipinski definition) is 1. The Morgan fingerprint density at radius 1 is 1.00 bits per heavy atom. The van der Waals surface area contributed by atoms with Crippen LogP contribution in [0.3, 0.4) is 0 Å². The van der Waals surface area contributed by atoms with Crippen LogP contribution in [0.25, 0.3) is 0 Å². The van der Waals surface area contributed by atoms with Gasteiger partial charge in [0.2, 0.25) is 0 Å². The van der Waals surface area contributed by atoms with E-state index in [9.17, 15) is 4.79 Å². The topological polar surface area (TPSA) is 59.0 Å². The number of carboxylic acid groups (broad SMARTS) is 1. The molecular formula is C30H33NO4. The second-order valence-electron chi connectivity index (χ2n) is 9.00. The van der Waals surface area contributed by atoms with E-state index in [-0.39, 0.29) is 12.3 Å². The van der Waals surface area contributed by atoms with Crippen molar-refractivity contribution in [3.8, 4) is 11.5 Å². The van der Waals surface area contributed by atoms with E-state index in [1.54, 1.807) is 7.11 Å². The summed E-state index contributed by atoms with van der Waals surface area (Å²) >= 11 is 0. The van der Waals surface area contributed by atoms with Crippen molar-refractivity contribution in [2.45, 2.75) is 45.4 Å². The first kappa shape index (κ1) is 24.6. The first-order valence-corrected chi connectivity index (χ1v) is 12.1. The molecule has 0 saturated carbocycles. The number of fused-ring (bicyclic) bond motifs is 1. The zero-order valence-corrected chi connectivity index (χ0v) is 20.4. The lowest BCUT2D eigenvalue weighted by Crippen LogP contribution is -2.30. The monoisotopic (exact) mass is 471 g/mol. The maximum Gasteiger partial charge on any atom is 0.304 e. The van der Waals surface area contributed by atoms with Crippen LogP contribution in [0.4, 0.5) is 0 Å². The zero-order chi connectivity index (χ0) is 24.6.